The highest BCUT2D eigenvalue weighted by Crippen LogP contribution is 2.10. The van der Waals surface area contributed by atoms with Crippen molar-refractivity contribution in [3.05, 3.63) is 22.1 Å². The molecule has 37 valence electrons. The molecule has 0 nitrogen and oxygen atoms in total. The third kappa shape index (κ3) is 0.800. The first-order chi connectivity index (χ1) is 3.30. The average Bonchev–Trinajstić information content (AvgIpc) is 1.91. The van der Waals surface area contributed by atoms with Gasteiger partial charge in [-0.3, -0.25) is 0 Å². The second-order valence-electron chi connectivity index (χ2n) is 1.32. The van der Waals surface area contributed by atoms with Crippen molar-refractivity contribution in [2.45, 2.75) is 6.92 Å². The molecule has 0 bridgehead atoms. The van der Waals surface area contributed by atoms with Crippen LogP contribution in [0.25, 0.3) is 0 Å². The van der Waals surface area contributed by atoms with E-state index in [0.29, 0.717) is 5.56 Å². The Labute approximate surface area is 45.6 Å². The number of hydrogen-bond acceptors (Lipinski definition) is 1. The highest BCUT2D eigenvalue weighted by Gasteiger charge is 1.92. The summed E-state index contributed by atoms with van der Waals surface area (Å²) in [4.78, 5) is 0. The molecule has 0 aliphatic heterocycles. The van der Waals surface area contributed by atoms with Crippen LogP contribution in [0.3, 0.4) is 0 Å². The summed E-state index contributed by atoms with van der Waals surface area (Å²) >= 11 is 1.01. The van der Waals surface area contributed by atoms with Crippen LogP contribution in [-0.4, -0.2) is 0 Å². The van der Waals surface area contributed by atoms with Gasteiger partial charge in [0, 0.05) is 5.38 Å². The highest BCUT2D eigenvalue weighted by molar-refractivity contribution is 7.07. The lowest BCUT2D eigenvalue weighted by Crippen LogP contribution is -1.62. The summed E-state index contributed by atoms with van der Waals surface area (Å²) in [5.41, 5.74) is 0.685. The van der Waals surface area contributed by atoms with Crippen LogP contribution in [0.1, 0.15) is 5.56 Å². The van der Waals surface area contributed by atoms with Gasteiger partial charge in [-0.1, -0.05) is 0 Å². The van der Waals surface area contributed by atoms with Gasteiger partial charge in [0.25, 0.3) is 0 Å². The quantitative estimate of drug-likeness (QED) is 0.485. The summed E-state index contributed by atoms with van der Waals surface area (Å²) in [6.45, 7) is 1.72. The highest BCUT2D eigenvalue weighted by atomic mass is 32.1. The summed E-state index contributed by atoms with van der Waals surface area (Å²) in [6, 6.07) is 1.64. The zero-order chi connectivity index (χ0) is 5.28. The van der Waals surface area contributed by atoms with Gasteiger partial charge in [-0.25, -0.2) is 0 Å². The summed E-state index contributed by atoms with van der Waals surface area (Å²) in [6.07, 6.45) is 0. The Morgan fingerprint density at radius 1 is 1.86 bits per heavy atom. The second kappa shape index (κ2) is 1.62. The molecule has 0 amide bonds. The fraction of sp³-hybridized carbons (Fsp3) is 0.200. The zero-order valence-electron chi connectivity index (χ0n) is 3.86. The smallest absolute Gasteiger partial charge is 0.179 e. The van der Waals surface area contributed by atoms with Crippen LogP contribution in [-0.2, 0) is 0 Å². The number of thiophene rings is 1. The monoisotopic (exact) mass is 115 g/mol. The molecular weight excluding hydrogens is 111 g/mol. The molecule has 1 radical (unpaired) electrons. The van der Waals surface area contributed by atoms with Gasteiger partial charge >= 0.3 is 0 Å². The van der Waals surface area contributed by atoms with Crippen LogP contribution in [0.4, 0.5) is 4.39 Å². The minimum absolute atomic E-state index is 0.125. The van der Waals surface area contributed by atoms with Crippen LogP contribution in [0.15, 0.2) is 6.07 Å². The van der Waals surface area contributed by atoms with Crippen LogP contribution < -0.4 is 0 Å². The number of hydrogen-bond donors (Lipinski definition) is 0. The van der Waals surface area contributed by atoms with Crippen molar-refractivity contribution in [3.8, 4) is 0 Å². The molecular formula is C5H4FS. The normalized spacial score (nSPS) is 9.43. The number of rotatable bonds is 0. The first kappa shape index (κ1) is 4.78. The van der Waals surface area contributed by atoms with E-state index < -0.39 is 0 Å². The zero-order valence-corrected chi connectivity index (χ0v) is 4.68. The van der Waals surface area contributed by atoms with E-state index >= 15 is 0 Å². The molecule has 0 atom stereocenters. The fourth-order valence-electron chi connectivity index (χ4n) is 0.307. The van der Waals surface area contributed by atoms with E-state index in [2.05, 4.69) is 5.38 Å². The third-order valence-corrected chi connectivity index (χ3v) is 1.47. The Hall–Kier alpha value is -0.370. The van der Waals surface area contributed by atoms with Gasteiger partial charge in [0.05, 0.1) is 0 Å². The van der Waals surface area contributed by atoms with Gasteiger partial charge in [0.15, 0.2) is 5.13 Å². The Morgan fingerprint density at radius 3 is 2.71 bits per heavy atom. The largest absolute Gasteiger partial charge is 0.195 e. The molecule has 1 aromatic heterocycles. The van der Waals surface area contributed by atoms with Crippen molar-refractivity contribution in [2.24, 2.45) is 0 Å². The Morgan fingerprint density at radius 2 is 2.57 bits per heavy atom. The minimum Gasteiger partial charge on any atom is -0.195 e. The van der Waals surface area contributed by atoms with E-state index in [4.69, 9.17) is 0 Å². The van der Waals surface area contributed by atoms with Crippen LogP contribution >= 0.6 is 11.3 Å². The van der Waals surface area contributed by atoms with Crippen molar-refractivity contribution in [1.82, 2.24) is 0 Å². The van der Waals surface area contributed by atoms with Gasteiger partial charge in [-0.05, 0) is 18.6 Å². The van der Waals surface area contributed by atoms with Crippen molar-refractivity contribution >= 4 is 11.3 Å². The maximum atomic E-state index is 12.1. The molecule has 0 unspecified atom stereocenters. The molecule has 0 aromatic carbocycles. The molecule has 1 heterocycles. The molecule has 2 heteroatoms. The average molecular weight is 115 g/mol. The summed E-state index contributed by atoms with van der Waals surface area (Å²) in [5, 5.41) is 2.54. The lowest BCUT2D eigenvalue weighted by molar-refractivity contribution is 0.649. The first-order valence-electron chi connectivity index (χ1n) is 1.92. The number of aryl methyl sites for hydroxylation is 1. The molecule has 0 aliphatic carbocycles. The van der Waals surface area contributed by atoms with Gasteiger partial charge in [0.1, 0.15) is 0 Å². The maximum Gasteiger partial charge on any atom is 0.179 e. The SMILES string of the molecule is Cc1c[c]sc1F. The molecule has 1 rings (SSSR count). The van der Waals surface area contributed by atoms with Crippen molar-refractivity contribution in [2.75, 3.05) is 0 Å². The fourth-order valence-corrected chi connectivity index (χ4v) is 0.866. The predicted molar refractivity (Wildman–Crippen MR) is 27.8 cm³/mol. The van der Waals surface area contributed by atoms with E-state index in [9.17, 15) is 4.39 Å². The molecule has 1 aromatic rings. The second-order valence-corrected chi connectivity index (χ2v) is 2.12. The minimum atomic E-state index is -0.125. The first-order valence-corrected chi connectivity index (χ1v) is 2.74. The van der Waals surface area contributed by atoms with Gasteiger partial charge in [0.2, 0.25) is 0 Å². The number of halogens is 1. The summed E-state index contributed by atoms with van der Waals surface area (Å²) in [7, 11) is 0. The van der Waals surface area contributed by atoms with Crippen LogP contribution in [0.2, 0.25) is 0 Å². The molecule has 0 saturated heterocycles. The molecule has 0 spiro atoms. The van der Waals surface area contributed by atoms with Crippen molar-refractivity contribution in [3.63, 3.8) is 0 Å². The van der Waals surface area contributed by atoms with E-state index in [1.165, 1.54) is 0 Å². The Balaban J connectivity index is 3.12. The standard InChI is InChI=1S/C5H4FS/c1-4-2-3-7-5(4)6/h2H,1H3. The van der Waals surface area contributed by atoms with E-state index in [0.717, 1.165) is 11.3 Å². The van der Waals surface area contributed by atoms with Crippen LogP contribution in [0, 0.1) is 17.4 Å². The molecule has 0 saturated carbocycles. The van der Waals surface area contributed by atoms with Gasteiger partial charge in [-0.15, -0.1) is 11.3 Å². The lowest BCUT2D eigenvalue weighted by atomic mass is 10.4. The lowest BCUT2D eigenvalue weighted by Gasteiger charge is -1.74. The summed E-state index contributed by atoms with van der Waals surface area (Å²) in [5.74, 6) is 0. The summed E-state index contributed by atoms with van der Waals surface area (Å²) < 4.78 is 12.1. The topological polar surface area (TPSA) is 0 Å². The van der Waals surface area contributed by atoms with Gasteiger partial charge in [-0.2, -0.15) is 4.39 Å². The molecule has 7 heavy (non-hydrogen) atoms. The van der Waals surface area contributed by atoms with E-state index in [-0.39, 0.29) is 5.13 Å². The predicted octanol–water partition coefficient (Wildman–Crippen LogP) is 2.00. The molecule has 0 N–H and O–H groups in total. The maximum absolute atomic E-state index is 12.1. The van der Waals surface area contributed by atoms with Crippen molar-refractivity contribution < 1.29 is 4.39 Å². The molecule has 0 aliphatic rings. The van der Waals surface area contributed by atoms with E-state index in [1.54, 1.807) is 13.0 Å². The van der Waals surface area contributed by atoms with E-state index in [1.807, 2.05) is 0 Å². The molecule has 0 fully saturated rings. The van der Waals surface area contributed by atoms with Crippen molar-refractivity contribution in [1.29, 1.82) is 0 Å². The van der Waals surface area contributed by atoms with Crippen LogP contribution in [0.5, 0.6) is 0 Å². The third-order valence-electron chi connectivity index (χ3n) is 0.734. The van der Waals surface area contributed by atoms with Gasteiger partial charge < -0.3 is 0 Å². The Kier molecular flexibility index (Phi) is 1.11. The Bertz CT molecular complexity index is 140.